The van der Waals surface area contributed by atoms with Crippen molar-refractivity contribution in [3.8, 4) is 0 Å². The molecule has 0 spiro atoms. The topological polar surface area (TPSA) is 114 Å². The van der Waals surface area contributed by atoms with Crippen molar-refractivity contribution in [1.29, 1.82) is 0 Å². The summed E-state index contributed by atoms with van der Waals surface area (Å²) in [5, 5.41) is 15.8. The summed E-state index contributed by atoms with van der Waals surface area (Å²) < 4.78 is 31.6. The zero-order valence-corrected chi connectivity index (χ0v) is 16.0. The number of nitrogens with zero attached hydrogens (tertiary/aromatic N) is 1. The van der Waals surface area contributed by atoms with Gasteiger partial charge < -0.3 is 9.73 Å². The lowest BCUT2D eigenvalue weighted by atomic mass is 10.2. The molecule has 1 aromatic heterocycles. The Morgan fingerprint density at radius 1 is 1.19 bits per heavy atom. The monoisotopic (exact) mass is 409 g/mol. The van der Waals surface area contributed by atoms with Crippen LogP contribution in [0.25, 0.3) is 11.0 Å². The molecular formula is C17H16ClN3O5S. The zero-order valence-electron chi connectivity index (χ0n) is 14.4. The lowest BCUT2D eigenvalue weighted by Gasteiger charge is -2.13. The molecule has 0 aliphatic carbocycles. The van der Waals surface area contributed by atoms with Crippen LogP contribution in [0.1, 0.15) is 18.7 Å². The van der Waals surface area contributed by atoms with E-state index in [0.29, 0.717) is 16.4 Å². The Balaban J connectivity index is 1.94. The van der Waals surface area contributed by atoms with Crippen molar-refractivity contribution in [2.24, 2.45) is 0 Å². The second kappa shape index (κ2) is 7.18. The van der Waals surface area contributed by atoms with E-state index in [4.69, 9.17) is 16.0 Å². The van der Waals surface area contributed by atoms with E-state index in [2.05, 4.69) is 10.0 Å². The molecular weight excluding hydrogens is 394 g/mol. The second-order valence-electron chi connectivity index (χ2n) is 5.84. The van der Waals surface area contributed by atoms with Crippen LogP contribution in [0.4, 0.5) is 11.4 Å². The van der Waals surface area contributed by atoms with Gasteiger partial charge in [0.15, 0.2) is 0 Å². The zero-order chi connectivity index (χ0) is 19.8. The van der Waals surface area contributed by atoms with Gasteiger partial charge in [0.1, 0.15) is 17.0 Å². The molecule has 0 bridgehead atoms. The molecule has 0 saturated heterocycles. The number of hydrogen-bond donors (Lipinski definition) is 2. The summed E-state index contributed by atoms with van der Waals surface area (Å²) in [5.41, 5.74) is 0.478. The van der Waals surface area contributed by atoms with Crippen molar-refractivity contribution in [1.82, 2.24) is 4.72 Å². The minimum atomic E-state index is -3.79. The summed E-state index contributed by atoms with van der Waals surface area (Å²) in [5.74, 6) is 0.563. The third-order valence-corrected chi connectivity index (χ3v) is 5.69. The number of halogens is 1. The third kappa shape index (κ3) is 3.90. The maximum atomic E-state index is 11.9. The van der Waals surface area contributed by atoms with Crippen molar-refractivity contribution in [2.75, 3.05) is 12.4 Å². The standard InChI is InChI=1S/C17H16ClN3O5S/c1-10(17-8-11-7-12(18)3-6-16(11)26-17)20-14-5-4-13(27(24,25)19-2)9-15(14)21(22)23/h3-10,19-20H,1-2H3. The highest BCUT2D eigenvalue weighted by molar-refractivity contribution is 7.89. The first kappa shape index (κ1) is 19.2. The Morgan fingerprint density at radius 3 is 2.59 bits per heavy atom. The quantitative estimate of drug-likeness (QED) is 0.468. The molecule has 3 aromatic rings. The van der Waals surface area contributed by atoms with Crippen molar-refractivity contribution in [3.05, 3.63) is 63.4 Å². The number of nitrogens with one attached hydrogen (secondary N) is 2. The van der Waals surface area contributed by atoms with Crippen molar-refractivity contribution in [3.63, 3.8) is 0 Å². The first-order valence-corrected chi connectivity index (χ1v) is 9.75. The van der Waals surface area contributed by atoms with Crippen LogP contribution in [0.5, 0.6) is 0 Å². The molecule has 0 fully saturated rings. The second-order valence-corrected chi connectivity index (χ2v) is 8.16. The molecule has 27 heavy (non-hydrogen) atoms. The van der Waals surface area contributed by atoms with Crippen LogP contribution >= 0.6 is 11.6 Å². The predicted molar refractivity (Wildman–Crippen MR) is 103 cm³/mol. The third-order valence-electron chi connectivity index (χ3n) is 4.04. The molecule has 3 rings (SSSR count). The number of nitro groups is 1. The number of fused-ring (bicyclic) bond motifs is 1. The number of sulfonamides is 1. The molecule has 1 unspecified atom stereocenters. The Morgan fingerprint density at radius 2 is 1.93 bits per heavy atom. The van der Waals surface area contributed by atoms with E-state index >= 15 is 0 Å². The molecule has 2 N–H and O–H groups in total. The molecule has 10 heteroatoms. The summed E-state index contributed by atoms with van der Waals surface area (Å²) in [4.78, 5) is 10.6. The van der Waals surface area contributed by atoms with Gasteiger partial charge >= 0.3 is 0 Å². The van der Waals surface area contributed by atoms with Crippen LogP contribution in [-0.2, 0) is 10.0 Å². The van der Waals surface area contributed by atoms with Crippen LogP contribution < -0.4 is 10.0 Å². The summed E-state index contributed by atoms with van der Waals surface area (Å²) in [7, 11) is -2.55. The van der Waals surface area contributed by atoms with Crippen LogP contribution in [0.2, 0.25) is 5.02 Å². The van der Waals surface area contributed by atoms with E-state index in [-0.39, 0.29) is 16.3 Å². The van der Waals surface area contributed by atoms with E-state index in [1.165, 1.54) is 19.2 Å². The van der Waals surface area contributed by atoms with Gasteiger partial charge in [-0.15, -0.1) is 0 Å². The molecule has 0 aliphatic heterocycles. The molecule has 142 valence electrons. The van der Waals surface area contributed by atoms with Gasteiger partial charge in [0.2, 0.25) is 10.0 Å². The van der Waals surface area contributed by atoms with Crippen LogP contribution in [-0.4, -0.2) is 20.4 Å². The molecule has 1 heterocycles. The van der Waals surface area contributed by atoms with E-state index in [0.717, 1.165) is 11.5 Å². The molecule has 8 nitrogen and oxygen atoms in total. The minimum absolute atomic E-state index is 0.182. The average molecular weight is 410 g/mol. The van der Waals surface area contributed by atoms with Crippen LogP contribution in [0, 0.1) is 10.1 Å². The Hall–Kier alpha value is -2.62. The minimum Gasteiger partial charge on any atom is -0.459 e. The van der Waals surface area contributed by atoms with Crippen LogP contribution in [0.3, 0.4) is 0 Å². The van der Waals surface area contributed by atoms with E-state index in [1.807, 2.05) is 0 Å². The SMILES string of the molecule is CNS(=O)(=O)c1ccc(NC(C)c2cc3cc(Cl)ccc3o2)c([N+](=O)[O-])c1. The summed E-state index contributed by atoms with van der Waals surface area (Å²) in [6.45, 7) is 1.78. The van der Waals surface area contributed by atoms with Crippen molar-refractivity contribution < 1.29 is 17.8 Å². The molecule has 0 aliphatic rings. The van der Waals surface area contributed by atoms with E-state index in [1.54, 1.807) is 31.2 Å². The molecule has 0 radical (unpaired) electrons. The van der Waals surface area contributed by atoms with Gasteiger partial charge in [0.05, 0.1) is 15.9 Å². The van der Waals surface area contributed by atoms with Crippen LogP contribution in [0.15, 0.2) is 51.8 Å². The fourth-order valence-electron chi connectivity index (χ4n) is 2.62. The maximum absolute atomic E-state index is 11.9. The average Bonchev–Trinajstić information content (AvgIpc) is 3.05. The number of furan rings is 1. The molecule has 1 atom stereocenters. The van der Waals surface area contributed by atoms with Gasteiger partial charge in [0, 0.05) is 16.5 Å². The number of rotatable bonds is 6. The summed E-state index contributed by atoms with van der Waals surface area (Å²) >= 11 is 5.97. The Kier molecular flexibility index (Phi) is 5.09. The van der Waals surface area contributed by atoms with Gasteiger partial charge in [-0.3, -0.25) is 10.1 Å². The van der Waals surface area contributed by atoms with Gasteiger partial charge in [-0.1, -0.05) is 11.6 Å². The summed E-state index contributed by atoms with van der Waals surface area (Å²) in [6, 6.07) is 10.3. The highest BCUT2D eigenvalue weighted by Crippen LogP contribution is 2.32. The number of nitro benzene ring substituents is 1. The Labute approximate surface area is 160 Å². The first-order valence-electron chi connectivity index (χ1n) is 7.89. The maximum Gasteiger partial charge on any atom is 0.293 e. The van der Waals surface area contributed by atoms with Gasteiger partial charge in [-0.05, 0) is 50.4 Å². The van der Waals surface area contributed by atoms with Crippen molar-refractivity contribution in [2.45, 2.75) is 17.9 Å². The fourth-order valence-corrected chi connectivity index (χ4v) is 3.55. The predicted octanol–water partition coefficient (Wildman–Crippen LogP) is 4.08. The molecule has 0 saturated carbocycles. The number of anilines is 1. The largest absolute Gasteiger partial charge is 0.459 e. The lowest BCUT2D eigenvalue weighted by Crippen LogP contribution is -2.19. The molecule has 2 aromatic carbocycles. The number of hydrogen-bond acceptors (Lipinski definition) is 6. The van der Waals surface area contributed by atoms with Gasteiger partial charge in [0.25, 0.3) is 5.69 Å². The normalized spacial score (nSPS) is 12.9. The number of benzene rings is 2. The molecule has 0 amide bonds. The van der Waals surface area contributed by atoms with Gasteiger partial charge in [-0.2, -0.15) is 0 Å². The van der Waals surface area contributed by atoms with E-state index < -0.39 is 21.0 Å². The highest BCUT2D eigenvalue weighted by atomic mass is 35.5. The van der Waals surface area contributed by atoms with Gasteiger partial charge in [-0.25, -0.2) is 13.1 Å². The van der Waals surface area contributed by atoms with Crippen molar-refractivity contribution >= 4 is 44.0 Å². The first-order chi connectivity index (χ1) is 12.7. The Bertz CT molecular complexity index is 1130. The van der Waals surface area contributed by atoms with E-state index in [9.17, 15) is 18.5 Å². The smallest absolute Gasteiger partial charge is 0.293 e. The fraction of sp³-hybridized carbons (Fsp3) is 0.176. The lowest BCUT2D eigenvalue weighted by molar-refractivity contribution is -0.384. The summed E-state index contributed by atoms with van der Waals surface area (Å²) in [6.07, 6.45) is 0. The highest BCUT2D eigenvalue weighted by Gasteiger charge is 2.22.